The van der Waals surface area contributed by atoms with Gasteiger partial charge in [0.2, 0.25) is 0 Å². The summed E-state index contributed by atoms with van der Waals surface area (Å²) in [6.07, 6.45) is 6.01. The van der Waals surface area contributed by atoms with Gasteiger partial charge in [-0.3, -0.25) is 4.79 Å². The minimum absolute atomic E-state index is 0.127. The van der Waals surface area contributed by atoms with Crippen LogP contribution in [0.5, 0.6) is 0 Å². The predicted octanol–water partition coefficient (Wildman–Crippen LogP) is 3.91. The Labute approximate surface area is 132 Å². The summed E-state index contributed by atoms with van der Waals surface area (Å²) in [6.45, 7) is 4.30. The molecule has 0 aromatic rings. The average molecular weight is 308 g/mol. The lowest BCUT2D eigenvalue weighted by Crippen LogP contribution is -2.57. The summed E-state index contributed by atoms with van der Waals surface area (Å²) in [6, 6.07) is 0. The van der Waals surface area contributed by atoms with Crippen molar-refractivity contribution >= 4 is 5.78 Å². The minimum Gasteiger partial charge on any atom is -0.390 e. The van der Waals surface area contributed by atoms with Crippen LogP contribution >= 0.6 is 0 Å². The van der Waals surface area contributed by atoms with Crippen LogP contribution in [-0.2, 0) is 4.79 Å². The van der Waals surface area contributed by atoms with E-state index in [1.807, 2.05) is 6.92 Å². The van der Waals surface area contributed by atoms with Gasteiger partial charge in [-0.15, -0.1) is 0 Å². The second kappa shape index (κ2) is 4.78. The summed E-state index contributed by atoms with van der Waals surface area (Å²) in [7, 11) is 0. The smallest absolute Gasteiger partial charge is 0.137 e. The number of alkyl halides is 1. The second-order valence-corrected chi connectivity index (χ2v) is 9.12. The van der Waals surface area contributed by atoms with E-state index in [1.165, 1.54) is 25.7 Å². The lowest BCUT2D eigenvalue weighted by atomic mass is 9.45. The minimum atomic E-state index is -1.14. The highest BCUT2D eigenvalue weighted by molar-refractivity contribution is 5.84. The van der Waals surface area contributed by atoms with E-state index < -0.39 is 17.7 Å². The Hall–Kier alpha value is -0.440. The lowest BCUT2D eigenvalue weighted by molar-refractivity contribution is -0.160. The van der Waals surface area contributed by atoms with Crippen molar-refractivity contribution in [3.8, 4) is 0 Å². The van der Waals surface area contributed by atoms with E-state index in [2.05, 4.69) is 6.92 Å². The normalized spacial score (nSPS) is 57.9. The molecular weight excluding hydrogens is 279 g/mol. The molecular formula is C19H29FO2. The molecule has 22 heavy (non-hydrogen) atoms. The molecule has 4 rings (SSSR count). The zero-order valence-electron chi connectivity index (χ0n) is 13.9. The number of hydrogen-bond acceptors (Lipinski definition) is 2. The molecule has 0 aromatic carbocycles. The molecule has 0 saturated heterocycles. The molecule has 0 aromatic heterocycles. The number of aliphatic hydroxyl groups is 1. The molecule has 0 aliphatic heterocycles. The number of ketones is 1. The highest BCUT2D eigenvalue weighted by Crippen LogP contribution is 2.65. The van der Waals surface area contributed by atoms with Crippen molar-refractivity contribution in [1.29, 1.82) is 0 Å². The number of carbonyl (C=O) groups is 1. The number of halogens is 1. The molecule has 3 heteroatoms. The molecule has 0 spiro atoms. The predicted molar refractivity (Wildman–Crippen MR) is 83.0 cm³/mol. The summed E-state index contributed by atoms with van der Waals surface area (Å²) in [4.78, 5) is 13.1. The van der Waals surface area contributed by atoms with Crippen LogP contribution in [0.3, 0.4) is 0 Å². The molecule has 4 aliphatic carbocycles. The number of carbonyl (C=O) groups excluding carboxylic acids is 1. The SMILES string of the molecule is C[C@]12CC(=O)[C@H]3[C@@H](CCC4CCCC[C@@]43C)[C@@H]1C[C@@H](F)[C@@H]2O. The van der Waals surface area contributed by atoms with Crippen molar-refractivity contribution in [2.24, 2.45) is 34.5 Å². The molecule has 0 radical (unpaired) electrons. The molecule has 1 N–H and O–H groups in total. The Kier molecular flexibility index (Phi) is 3.28. The first-order chi connectivity index (χ1) is 10.4. The topological polar surface area (TPSA) is 37.3 Å². The van der Waals surface area contributed by atoms with Gasteiger partial charge in [-0.1, -0.05) is 26.7 Å². The molecule has 2 nitrogen and oxygen atoms in total. The number of aliphatic hydroxyl groups excluding tert-OH is 1. The molecule has 0 heterocycles. The van der Waals surface area contributed by atoms with Gasteiger partial charge >= 0.3 is 0 Å². The molecule has 1 unspecified atom stereocenters. The van der Waals surface area contributed by atoms with Gasteiger partial charge in [0.1, 0.15) is 12.0 Å². The third-order valence-electron chi connectivity index (χ3n) is 8.20. The first-order valence-electron chi connectivity index (χ1n) is 9.23. The van der Waals surface area contributed by atoms with Crippen LogP contribution in [0.25, 0.3) is 0 Å². The van der Waals surface area contributed by atoms with E-state index in [9.17, 15) is 14.3 Å². The Morgan fingerprint density at radius 2 is 1.91 bits per heavy atom. The maximum absolute atomic E-state index is 14.2. The van der Waals surface area contributed by atoms with Crippen LogP contribution in [0.15, 0.2) is 0 Å². The number of fused-ring (bicyclic) bond motifs is 5. The Morgan fingerprint density at radius 1 is 1.14 bits per heavy atom. The van der Waals surface area contributed by atoms with Crippen LogP contribution < -0.4 is 0 Å². The van der Waals surface area contributed by atoms with E-state index >= 15 is 0 Å². The van der Waals surface area contributed by atoms with Crippen LogP contribution in [0.2, 0.25) is 0 Å². The maximum atomic E-state index is 14.2. The van der Waals surface area contributed by atoms with Gasteiger partial charge in [0.15, 0.2) is 0 Å². The van der Waals surface area contributed by atoms with Gasteiger partial charge < -0.3 is 5.11 Å². The average Bonchev–Trinajstić information content (AvgIpc) is 2.70. The standard InChI is InChI=1S/C19H29FO2/c1-18-8-4-3-5-11(18)6-7-12-13-9-14(20)17(22)19(13,2)10-15(21)16(12)18/h11-14,16-17,22H,3-10H2,1-2H3/t11?,12-,13-,14+,16+,17-,18-,19-/m0/s1. The van der Waals surface area contributed by atoms with Crippen molar-refractivity contribution in [2.75, 3.05) is 0 Å². The third-order valence-corrected chi connectivity index (χ3v) is 8.20. The molecule has 4 fully saturated rings. The first-order valence-corrected chi connectivity index (χ1v) is 9.23. The zero-order chi connectivity index (χ0) is 15.7. The van der Waals surface area contributed by atoms with E-state index in [4.69, 9.17) is 0 Å². The fourth-order valence-electron chi connectivity index (χ4n) is 7.06. The summed E-state index contributed by atoms with van der Waals surface area (Å²) in [5.74, 6) is 1.64. The molecule has 4 saturated carbocycles. The summed E-state index contributed by atoms with van der Waals surface area (Å²) in [5, 5.41) is 10.3. The van der Waals surface area contributed by atoms with Crippen molar-refractivity contribution in [1.82, 2.24) is 0 Å². The van der Waals surface area contributed by atoms with E-state index in [0.29, 0.717) is 30.5 Å². The van der Waals surface area contributed by atoms with Crippen molar-refractivity contribution < 1.29 is 14.3 Å². The highest BCUT2D eigenvalue weighted by Gasteiger charge is 2.64. The fourth-order valence-corrected chi connectivity index (χ4v) is 7.06. The fraction of sp³-hybridized carbons (Fsp3) is 0.947. The summed E-state index contributed by atoms with van der Waals surface area (Å²) in [5.41, 5.74) is -0.380. The van der Waals surface area contributed by atoms with Gasteiger partial charge in [0, 0.05) is 17.8 Å². The Balaban J connectivity index is 1.72. The number of Topliss-reactive ketones (excluding diaryl/α,β-unsaturated/α-hetero) is 1. The second-order valence-electron chi connectivity index (χ2n) is 9.12. The van der Waals surface area contributed by atoms with Gasteiger partial charge in [-0.25, -0.2) is 4.39 Å². The van der Waals surface area contributed by atoms with E-state index in [-0.39, 0.29) is 17.3 Å². The first kappa shape index (κ1) is 15.1. The monoisotopic (exact) mass is 308 g/mol. The van der Waals surface area contributed by atoms with Gasteiger partial charge in [0.25, 0.3) is 0 Å². The maximum Gasteiger partial charge on any atom is 0.137 e. The molecule has 0 bridgehead atoms. The Bertz CT molecular complexity index is 492. The number of hydrogen-bond donors (Lipinski definition) is 1. The van der Waals surface area contributed by atoms with Crippen LogP contribution in [0.1, 0.15) is 65.2 Å². The quantitative estimate of drug-likeness (QED) is 0.737. The van der Waals surface area contributed by atoms with E-state index in [1.54, 1.807) is 0 Å². The highest BCUT2D eigenvalue weighted by atomic mass is 19.1. The van der Waals surface area contributed by atoms with Gasteiger partial charge in [-0.05, 0) is 55.3 Å². The van der Waals surface area contributed by atoms with Crippen LogP contribution in [0, 0.1) is 34.5 Å². The van der Waals surface area contributed by atoms with E-state index in [0.717, 1.165) is 12.8 Å². The number of rotatable bonds is 0. The van der Waals surface area contributed by atoms with Gasteiger partial charge in [-0.2, -0.15) is 0 Å². The third kappa shape index (κ3) is 1.78. The van der Waals surface area contributed by atoms with Crippen LogP contribution in [0.4, 0.5) is 4.39 Å². The van der Waals surface area contributed by atoms with Crippen molar-refractivity contribution in [3.63, 3.8) is 0 Å². The molecule has 4 aliphatic rings. The molecule has 8 atom stereocenters. The summed E-state index contributed by atoms with van der Waals surface area (Å²) >= 11 is 0. The summed E-state index contributed by atoms with van der Waals surface area (Å²) < 4.78 is 14.2. The lowest BCUT2D eigenvalue weighted by Gasteiger charge is -2.59. The Morgan fingerprint density at radius 3 is 2.68 bits per heavy atom. The zero-order valence-corrected chi connectivity index (χ0v) is 13.9. The van der Waals surface area contributed by atoms with Crippen LogP contribution in [-0.4, -0.2) is 23.2 Å². The molecule has 124 valence electrons. The molecule has 0 amide bonds. The van der Waals surface area contributed by atoms with Gasteiger partial charge in [0.05, 0.1) is 6.10 Å². The largest absolute Gasteiger partial charge is 0.390 e. The van der Waals surface area contributed by atoms with Crippen molar-refractivity contribution in [2.45, 2.75) is 77.5 Å². The van der Waals surface area contributed by atoms with Crippen molar-refractivity contribution in [3.05, 3.63) is 0 Å².